The van der Waals surface area contributed by atoms with Crippen molar-refractivity contribution in [2.45, 2.75) is 39.5 Å². The number of carbonyl (C=O) groups excluding carboxylic acids is 1. The molecule has 0 fully saturated rings. The lowest BCUT2D eigenvalue weighted by molar-refractivity contribution is -0.118. The minimum atomic E-state index is 0.393. The molecule has 0 radical (unpaired) electrons. The summed E-state index contributed by atoms with van der Waals surface area (Å²) in [5.41, 5.74) is 4.17. The number of fused-ring (bicyclic) bond motifs is 1. The summed E-state index contributed by atoms with van der Waals surface area (Å²) in [5.74, 6) is 1.08. The van der Waals surface area contributed by atoms with Gasteiger partial charge in [-0.3, -0.25) is 4.79 Å². The van der Waals surface area contributed by atoms with Crippen LogP contribution in [0.4, 0.5) is 0 Å². The molecule has 0 unspecified atom stereocenters. The Morgan fingerprint density at radius 2 is 2.07 bits per heavy atom. The van der Waals surface area contributed by atoms with Gasteiger partial charge in [0.15, 0.2) is 0 Å². The van der Waals surface area contributed by atoms with Crippen LogP contribution in [0.2, 0.25) is 0 Å². The molecule has 1 aromatic carbocycles. The van der Waals surface area contributed by atoms with Crippen molar-refractivity contribution >= 4 is 5.78 Å². The van der Waals surface area contributed by atoms with Crippen molar-refractivity contribution in [3.63, 3.8) is 0 Å². The molecule has 2 rings (SSSR count). The normalized spacial score (nSPS) is 15.5. The molecule has 0 atom stereocenters. The third-order valence-electron chi connectivity index (χ3n) is 3.04. The van der Waals surface area contributed by atoms with Crippen LogP contribution < -0.4 is 0 Å². The van der Waals surface area contributed by atoms with Crippen LogP contribution in [0.3, 0.4) is 0 Å². The highest BCUT2D eigenvalue weighted by Gasteiger charge is 2.17. The van der Waals surface area contributed by atoms with Gasteiger partial charge in [-0.25, -0.2) is 0 Å². The van der Waals surface area contributed by atoms with E-state index < -0.39 is 0 Å². The van der Waals surface area contributed by atoms with Gasteiger partial charge in [0.05, 0.1) is 0 Å². The predicted molar refractivity (Wildman–Crippen MR) is 62.0 cm³/mol. The van der Waals surface area contributed by atoms with Crippen LogP contribution in [-0.2, 0) is 24.1 Å². The fourth-order valence-electron chi connectivity index (χ4n) is 2.37. The number of hydrogen-bond donors (Lipinski definition) is 0. The summed E-state index contributed by atoms with van der Waals surface area (Å²) in [7, 11) is 0. The Labute approximate surface area is 91.5 Å². The summed E-state index contributed by atoms with van der Waals surface area (Å²) >= 11 is 0. The van der Waals surface area contributed by atoms with Crippen LogP contribution in [0.25, 0.3) is 0 Å². The largest absolute Gasteiger partial charge is 0.299 e. The molecule has 1 aromatic rings. The van der Waals surface area contributed by atoms with Crippen molar-refractivity contribution in [2.75, 3.05) is 0 Å². The van der Waals surface area contributed by atoms with Crippen LogP contribution in [0.5, 0.6) is 0 Å². The van der Waals surface area contributed by atoms with Crippen LogP contribution in [0.15, 0.2) is 18.2 Å². The van der Waals surface area contributed by atoms with Crippen LogP contribution in [-0.4, -0.2) is 5.78 Å². The molecule has 1 aliphatic carbocycles. The number of rotatable bonds is 2. The van der Waals surface area contributed by atoms with E-state index in [9.17, 15) is 4.79 Å². The van der Waals surface area contributed by atoms with Gasteiger partial charge in [-0.05, 0) is 35.4 Å². The molecule has 0 heterocycles. The van der Waals surface area contributed by atoms with Gasteiger partial charge in [-0.15, -0.1) is 0 Å². The quantitative estimate of drug-likeness (QED) is 0.720. The van der Waals surface area contributed by atoms with Crippen molar-refractivity contribution in [1.29, 1.82) is 0 Å². The second-order valence-corrected chi connectivity index (χ2v) is 4.87. The van der Waals surface area contributed by atoms with E-state index in [2.05, 4.69) is 32.0 Å². The zero-order chi connectivity index (χ0) is 10.8. The Balaban J connectivity index is 2.33. The topological polar surface area (TPSA) is 17.1 Å². The zero-order valence-corrected chi connectivity index (χ0v) is 9.55. The molecule has 0 saturated carbocycles. The third-order valence-corrected chi connectivity index (χ3v) is 3.04. The molecule has 0 aliphatic heterocycles. The molecule has 0 aromatic heterocycles. The molecule has 1 nitrogen and oxygen atoms in total. The van der Waals surface area contributed by atoms with E-state index in [4.69, 9.17) is 0 Å². The summed E-state index contributed by atoms with van der Waals surface area (Å²) in [6.07, 6.45) is 3.48. The molecule has 0 spiro atoms. The maximum absolute atomic E-state index is 11.4. The van der Waals surface area contributed by atoms with E-state index in [-0.39, 0.29) is 0 Å². The van der Waals surface area contributed by atoms with Gasteiger partial charge in [0.2, 0.25) is 0 Å². The van der Waals surface area contributed by atoms with E-state index in [0.717, 1.165) is 19.3 Å². The van der Waals surface area contributed by atoms with E-state index in [1.165, 1.54) is 16.7 Å². The second kappa shape index (κ2) is 4.18. The highest BCUT2D eigenvalue weighted by molar-refractivity contribution is 5.83. The summed E-state index contributed by atoms with van der Waals surface area (Å²) in [6.45, 7) is 4.49. The Morgan fingerprint density at radius 1 is 1.27 bits per heavy atom. The van der Waals surface area contributed by atoms with Gasteiger partial charge in [-0.1, -0.05) is 32.0 Å². The van der Waals surface area contributed by atoms with Gasteiger partial charge in [0, 0.05) is 12.8 Å². The fourth-order valence-corrected chi connectivity index (χ4v) is 2.37. The number of benzene rings is 1. The van der Waals surface area contributed by atoms with E-state index in [1.54, 1.807) is 0 Å². The van der Waals surface area contributed by atoms with E-state index in [0.29, 0.717) is 18.1 Å². The molecular formula is C14H18O. The first-order valence-corrected chi connectivity index (χ1v) is 5.78. The van der Waals surface area contributed by atoms with Crippen molar-refractivity contribution < 1.29 is 4.79 Å². The number of ketones is 1. The highest BCUT2D eigenvalue weighted by Crippen LogP contribution is 2.24. The molecule has 1 heteroatoms. The Hall–Kier alpha value is -1.11. The fraction of sp³-hybridized carbons (Fsp3) is 0.500. The standard InChI is InChI=1S/C14H18O/c1-10(2)8-11-4-3-5-12-9-13(15)6-7-14(11)12/h3-5,10H,6-9H2,1-2H3. The summed E-state index contributed by atoms with van der Waals surface area (Å²) in [6, 6.07) is 6.42. The Bertz CT molecular complexity index is 377. The van der Waals surface area contributed by atoms with Crippen molar-refractivity contribution in [3.05, 3.63) is 34.9 Å². The molecule has 80 valence electrons. The highest BCUT2D eigenvalue weighted by atomic mass is 16.1. The van der Waals surface area contributed by atoms with Gasteiger partial charge in [-0.2, -0.15) is 0 Å². The second-order valence-electron chi connectivity index (χ2n) is 4.87. The van der Waals surface area contributed by atoms with Crippen LogP contribution in [0.1, 0.15) is 37.0 Å². The molecule has 0 saturated heterocycles. The molecule has 0 N–H and O–H groups in total. The number of Topliss-reactive ketones (excluding diaryl/α,β-unsaturated/α-hetero) is 1. The van der Waals surface area contributed by atoms with E-state index >= 15 is 0 Å². The average Bonchev–Trinajstić information content (AvgIpc) is 2.16. The lowest BCUT2D eigenvalue weighted by atomic mass is 9.85. The van der Waals surface area contributed by atoms with Crippen molar-refractivity contribution in [2.24, 2.45) is 5.92 Å². The molecule has 0 bridgehead atoms. The summed E-state index contributed by atoms with van der Waals surface area (Å²) in [4.78, 5) is 11.4. The molecule has 1 aliphatic rings. The zero-order valence-electron chi connectivity index (χ0n) is 9.55. The van der Waals surface area contributed by atoms with E-state index in [1.807, 2.05) is 0 Å². The maximum Gasteiger partial charge on any atom is 0.137 e. The van der Waals surface area contributed by atoms with Gasteiger partial charge >= 0.3 is 0 Å². The van der Waals surface area contributed by atoms with Crippen molar-refractivity contribution in [1.82, 2.24) is 0 Å². The van der Waals surface area contributed by atoms with Gasteiger partial charge in [0.1, 0.15) is 5.78 Å². The monoisotopic (exact) mass is 202 g/mol. The van der Waals surface area contributed by atoms with Crippen molar-refractivity contribution in [3.8, 4) is 0 Å². The first-order chi connectivity index (χ1) is 7.16. The summed E-state index contributed by atoms with van der Waals surface area (Å²) in [5, 5.41) is 0. The number of carbonyl (C=O) groups is 1. The molecular weight excluding hydrogens is 184 g/mol. The smallest absolute Gasteiger partial charge is 0.137 e. The first-order valence-electron chi connectivity index (χ1n) is 5.78. The third kappa shape index (κ3) is 2.28. The predicted octanol–water partition coefficient (Wildman–Crippen LogP) is 2.94. The van der Waals surface area contributed by atoms with Crippen LogP contribution >= 0.6 is 0 Å². The maximum atomic E-state index is 11.4. The Kier molecular flexibility index (Phi) is 2.90. The van der Waals surface area contributed by atoms with Gasteiger partial charge in [0.25, 0.3) is 0 Å². The minimum absolute atomic E-state index is 0.393. The average molecular weight is 202 g/mol. The Morgan fingerprint density at radius 3 is 2.80 bits per heavy atom. The lowest BCUT2D eigenvalue weighted by Gasteiger charge is -2.19. The van der Waals surface area contributed by atoms with Gasteiger partial charge < -0.3 is 0 Å². The molecule has 15 heavy (non-hydrogen) atoms. The lowest BCUT2D eigenvalue weighted by Crippen LogP contribution is -2.15. The summed E-state index contributed by atoms with van der Waals surface area (Å²) < 4.78 is 0. The minimum Gasteiger partial charge on any atom is -0.299 e. The SMILES string of the molecule is CC(C)Cc1cccc2c1CCC(=O)C2. The first kappa shape index (κ1) is 10.4. The number of hydrogen-bond acceptors (Lipinski definition) is 1. The van der Waals surface area contributed by atoms with Crippen LogP contribution in [0, 0.1) is 5.92 Å². The molecule has 0 amide bonds.